The molecule has 2 aromatic rings. The molecule has 0 bridgehead atoms. The number of nitrogens with zero attached hydrogens (tertiary/aromatic N) is 1. The summed E-state index contributed by atoms with van der Waals surface area (Å²) in [6.45, 7) is 8.79. The van der Waals surface area contributed by atoms with Crippen molar-refractivity contribution >= 4 is 21.6 Å². The number of benzene rings is 2. The van der Waals surface area contributed by atoms with Gasteiger partial charge in [0.1, 0.15) is 5.82 Å². The topological polar surface area (TPSA) is 78.5 Å². The Morgan fingerprint density at radius 1 is 1.11 bits per heavy atom. The number of amides is 1. The van der Waals surface area contributed by atoms with Gasteiger partial charge in [-0.1, -0.05) is 32.0 Å². The van der Waals surface area contributed by atoms with Gasteiger partial charge in [-0.25, -0.2) is 12.8 Å². The molecule has 0 saturated carbocycles. The van der Waals surface area contributed by atoms with Gasteiger partial charge in [0.15, 0.2) is 0 Å². The second kappa shape index (κ2) is 9.66. The number of halogens is 1. The van der Waals surface area contributed by atoms with Gasteiger partial charge in [-0.15, -0.1) is 0 Å². The van der Waals surface area contributed by atoms with E-state index in [1.54, 1.807) is 13.0 Å². The molecule has 2 aromatic carbocycles. The van der Waals surface area contributed by atoms with Crippen LogP contribution >= 0.6 is 0 Å². The fraction of sp³-hybridized carbons (Fsp3) is 0.350. The summed E-state index contributed by atoms with van der Waals surface area (Å²) in [4.78, 5) is 14.6. The maximum atomic E-state index is 13.8. The van der Waals surface area contributed by atoms with Gasteiger partial charge in [-0.3, -0.25) is 9.52 Å². The first-order valence-corrected chi connectivity index (χ1v) is 10.6. The van der Waals surface area contributed by atoms with Crippen molar-refractivity contribution in [2.45, 2.75) is 25.7 Å². The van der Waals surface area contributed by atoms with Crippen LogP contribution in [0.5, 0.6) is 0 Å². The Hall–Kier alpha value is -2.45. The van der Waals surface area contributed by atoms with Crippen LogP contribution in [0.3, 0.4) is 0 Å². The van der Waals surface area contributed by atoms with Crippen LogP contribution in [-0.2, 0) is 10.0 Å². The summed E-state index contributed by atoms with van der Waals surface area (Å²) in [7, 11) is -4.03. The Bertz CT molecular complexity index is 928. The molecule has 0 spiro atoms. The molecule has 0 heterocycles. The highest BCUT2D eigenvalue weighted by molar-refractivity contribution is 7.92. The van der Waals surface area contributed by atoms with Gasteiger partial charge >= 0.3 is 0 Å². The normalized spacial score (nSPS) is 11.5. The van der Waals surface area contributed by atoms with E-state index in [4.69, 9.17) is 0 Å². The maximum absolute atomic E-state index is 13.8. The summed E-state index contributed by atoms with van der Waals surface area (Å²) in [6, 6.07) is 9.78. The fourth-order valence-electron chi connectivity index (χ4n) is 2.72. The first-order chi connectivity index (χ1) is 13.3. The van der Waals surface area contributed by atoms with Crippen molar-refractivity contribution in [1.29, 1.82) is 0 Å². The molecule has 152 valence electrons. The van der Waals surface area contributed by atoms with Gasteiger partial charge in [0.2, 0.25) is 0 Å². The number of nitrogens with one attached hydrogen (secondary N) is 2. The van der Waals surface area contributed by atoms with Crippen LogP contribution in [0.15, 0.2) is 47.4 Å². The van der Waals surface area contributed by atoms with Crippen LogP contribution in [0, 0.1) is 12.7 Å². The van der Waals surface area contributed by atoms with Crippen molar-refractivity contribution in [3.05, 3.63) is 59.4 Å². The number of aryl methyl sites for hydroxylation is 1. The molecule has 8 heteroatoms. The van der Waals surface area contributed by atoms with Crippen LogP contribution in [0.2, 0.25) is 0 Å². The second-order valence-corrected chi connectivity index (χ2v) is 8.03. The summed E-state index contributed by atoms with van der Waals surface area (Å²) < 4.78 is 41.2. The molecule has 0 atom stereocenters. The lowest BCUT2D eigenvalue weighted by atomic mass is 10.1. The van der Waals surface area contributed by atoms with E-state index in [2.05, 4.69) is 14.9 Å². The summed E-state index contributed by atoms with van der Waals surface area (Å²) in [5, 5.41) is 2.82. The molecule has 0 unspecified atom stereocenters. The Kier molecular flexibility index (Phi) is 7.53. The van der Waals surface area contributed by atoms with Crippen molar-refractivity contribution < 1.29 is 17.6 Å². The number of carbonyl (C=O) groups is 1. The minimum Gasteiger partial charge on any atom is -0.351 e. The van der Waals surface area contributed by atoms with E-state index in [9.17, 15) is 17.6 Å². The lowest BCUT2D eigenvalue weighted by Gasteiger charge is -2.18. The molecule has 0 saturated heterocycles. The van der Waals surface area contributed by atoms with Crippen molar-refractivity contribution in [1.82, 2.24) is 10.2 Å². The molecule has 0 aliphatic rings. The standard InChI is InChI=1S/C20H26FN3O3S/c1-4-24(5-2)13-12-22-20(25)17-14-16(11-10-15(17)3)28(26,27)23-19-9-7-6-8-18(19)21/h6-11,14,23H,4-5,12-13H2,1-3H3,(H,22,25). The van der Waals surface area contributed by atoms with E-state index in [0.29, 0.717) is 18.7 Å². The first-order valence-electron chi connectivity index (χ1n) is 9.17. The molecule has 6 nitrogen and oxygen atoms in total. The molecule has 0 fully saturated rings. The molecule has 0 aliphatic carbocycles. The van der Waals surface area contributed by atoms with E-state index < -0.39 is 15.8 Å². The quantitative estimate of drug-likeness (QED) is 0.670. The Morgan fingerprint density at radius 2 is 1.79 bits per heavy atom. The minimum absolute atomic E-state index is 0.102. The monoisotopic (exact) mass is 407 g/mol. The molecule has 28 heavy (non-hydrogen) atoms. The average Bonchev–Trinajstić information content (AvgIpc) is 2.67. The fourth-order valence-corrected chi connectivity index (χ4v) is 3.82. The minimum atomic E-state index is -4.03. The van der Waals surface area contributed by atoms with Gasteiger partial charge in [0.25, 0.3) is 15.9 Å². The number of anilines is 1. The Balaban J connectivity index is 2.17. The van der Waals surface area contributed by atoms with E-state index in [1.165, 1.54) is 36.4 Å². The predicted octanol–water partition coefficient (Wildman–Crippen LogP) is 3.01. The zero-order valence-corrected chi connectivity index (χ0v) is 17.1. The van der Waals surface area contributed by atoms with E-state index in [1.807, 2.05) is 13.8 Å². The third-order valence-corrected chi connectivity index (χ3v) is 5.85. The largest absolute Gasteiger partial charge is 0.351 e. The molecular weight excluding hydrogens is 381 g/mol. The zero-order valence-electron chi connectivity index (χ0n) is 16.3. The van der Waals surface area contributed by atoms with Crippen LogP contribution in [-0.4, -0.2) is 45.4 Å². The van der Waals surface area contributed by atoms with E-state index >= 15 is 0 Å². The van der Waals surface area contributed by atoms with E-state index in [-0.39, 0.29) is 22.1 Å². The number of hydrogen-bond acceptors (Lipinski definition) is 4. The van der Waals surface area contributed by atoms with E-state index in [0.717, 1.165) is 13.1 Å². The van der Waals surface area contributed by atoms with Crippen molar-refractivity contribution in [2.75, 3.05) is 30.9 Å². The first kappa shape index (κ1) is 21.8. The summed E-state index contributed by atoms with van der Waals surface area (Å²) in [6.07, 6.45) is 0. The highest BCUT2D eigenvalue weighted by Gasteiger charge is 2.19. The number of sulfonamides is 1. The molecule has 0 radical (unpaired) electrons. The lowest BCUT2D eigenvalue weighted by Crippen LogP contribution is -2.35. The number of carbonyl (C=O) groups excluding carboxylic acids is 1. The molecule has 0 aliphatic heterocycles. The lowest BCUT2D eigenvalue weighted by molar-refractivity contribution is 0.0948. The van der Waals surface area contributed by atoms with Gasteiger partial charge in [0, 0.05) is 18.7 Å². The van der Waals surface area contributed by atoms with Gasteiger partial charge in [-0.05, 0) is 49.8 Å². The zero-order chi connectivity index (χ0) is 20.7. The van der Waals surface area contributed by atoms with Gasteiger partial charge < -0.3 is 10.2 Å². The number of hydrogen-bond donors (Lipinski definition) is 2. The van der Waals surface area contributed by atoms with Crippen LogP contribution in [0.25, 0.3) is 0 Å². The van der Waals surface area contributed by atoms with Gasteiger partial charge in [0.05, 0.1) is 10.6 Å². The van der Waals surface area contributed by atoms with Crippen molar-refractivity contribution in [3.8, 4) is 0 Å². The molecule has 1 amide bonds. The molecule has 2 rings (SSSR count). The summed E-state index contributed by atoms with van der Waals surface area (Å²) >= 11 is 0. The predicted molar refractivity (Wildman–Crippen MR) is 109 cm³/mol. The maximum Gasteiger partial charge on any atom is 0.262 e. The summed E-state index contributed by atoms with van der Waals surface area (Å²) in [5.41, 5.74) is 0.787. The average molecular weight is 408 g/mol. The molecule has 2 N–H and O–H groups in total. The number of rotatable bonds is 9. The van der Waals surface area contributed by atoms with Crippen LogP contribution < -0.4 is 10.0 Å². The third-order valence-electron chi connectivity index (χ3n) is 4.49. The van der Waals surface area contributed by atoms with Crippen molar-refractivity contribution in [3.63, 3.8) is 0 Å². The van der Waals surface area contributed by atoms with Gasteiger partial charge in [-0.2, -0.15) is 0 Å². The molecular formula is C20H26FN3O3S. The Morgan fingerprint density at radius 3 is 2.43 bits per heavy atom. The third kappa shape index (κ3) is 5.53. The molecule has 0 aromatic heterocycles. The summed E-state index contributed by atoms with van der Waals surface area (Å²) in [5.74, 6) is -1.01. The highest BCUT2D eigenvalue weighted by atomic mass is 32.2. The highest BCUT2D eigenvalue weighted by Crippen LogP contribution is 2.21. The number of para-hydroxylation sites is 1. The Labute approximate surface area is 165 Å². The van der Waals surface area contributed by atoms with Crippen molar-refractivity contribution in [2.24, 2.45) is 0 Å². The van der Waals surface area contributed by atoms with Crippen LogP contribution in [0.4, 0.5) is 10.1 Å². The van der Waals surface area contributed by atoms with Crippen LogP contribution in [0.1, 0.15) is 29.8 Å². The SMILES string of the molecule is CCN(CC)CCNC(=O)c1cc(S(=O)(=O)Nc2ccccc2F)ccc1C. The number of likely N-dealkylation sites (N-methyl/N-ethyl adjacent to an activating group) is 1. The second-order valence-electron chi connectivity index (χ2n) is 6.34. The smallest absolute Gasteiger partial charge is 0.262 e.